The number of halogens is 1. The Balaban J connectivity index is 2.24. The molecule has 2 rings (SSSR count). The lowest BCUT2D eigenvalue weighted by molar-refractivity contribution is 0.0992. The Kier molecular flexibility index (Phi) is 3.31. The Morgan fingerprint density at radius 3 is 3.06 bits per heavy atom. The SMILES string of the molecule is O=C(Cc1nc(=O)[nH]cc1Br)c1ccsc1. The van der Waals surface area contributed by atoms with Crippen LogP contribution in [0.15, 0.2) is 32.3 Å². The van der Waals surface area contributed by atoms with E-state index in [1.54, 1.807) is 11.4 Å². The predicted octanol–water partition coefficient (Wildman–Crippen LogP) is 2.02. The summed E-state index contributed by atoms with van der Waals surface area (Å²) < 4.78 is 0.635. The fourth-order valence-corrected chi connectivity index (χ4v) is 2.22. The highest BCUT2D eigenvalue weighted by atomic mass is 79.9. The highest BCUT2D eigenvalue weighted by molar-refractivity contribution is 9.10. The van der Waals surface area contributed by atoms with Crippen LogP contribution in [-0.4, -0.2) is 15.8 Å². The van der Waals surface area contributed by atoms with Crippen molar-refractivity contribution in [2.75, 3.05) is 0 Å². The lowest BCUT2D eigenvalue weighted by atomic mass is 10.1. The van der Waals surface area contributed by atoms with Crippen molar-refractivity contribution in [1.82, 2.24) is 9.97 Å². The number of nitrogens with zero attached hydrogens (tertiary/aromatic N) is 1. The second-order valence-corrected chi connectivity index (χ2v) is 4.75. The normalized spacial score (nSPS) is 10.3. The van der Waals surface area contributed by atoms with Crippen LogP contribution in [0.2, 0.25) is 0 Å². The Morgan fingerprint density at radius 2 is 2.38 bits per heavy atom. The molecule has 0 spiro atoms. The van der Waals surface area contributed by atoms with Crippen LogP contribution in [0.1, 0.15) is 16.1 Å². The van der Waals surface area contributed by atoms with Gasteiger partial charge in [0.2, 0.25) is 0 Å². The van der Waals surface area contributed by atoms with Crippen LogP contribution >= 0.6 is 27.3 Å². The molecule has 82 valence electrons. The zero-order valence-corrected chi connectivity index (χ0v) is 10.5. The minimum atomic E-state index is -0.448. The van der Waals surface area contributed by atoms with Gasteiger partial charge in [0.25, 0.3) is 0 Å². The molecular formula is C10H7BrN2O2S. The first-order chi connectivity index (χ1) is 7.66. The second kappa shape index (κ2) is 4.71. The summed E-state index contributed by atoms with van der Waals surface area (Å²) in [6.45, 7) is 0. The molecule has 1 N–H and O–H groups in total. The molecule has 0 fully saturated rings. The van der Waals surface area contributed by atoms with Crippen molar-refractivity contribution in [2.45, 2.75) is 6.42 Å². The van der Waals surface area contributed by atoms with Crippen molar-refractivity contribution in [3.8, 4) is 0 Å². The first-order valence-corrected chi connectivity index (χ1v) is 6.20. The van der Waals surface area contributed by atoms with E-state index >= 15 is 0 Å². The third-order valence-corrected chi connectivity index (χ3v) is 3.38. The van der Waals surface area contributed by atoms with Gasteiger partial charge in [-0.25, -0.2) is 4.79 Å². The summed E-state index contributed by atoms with van der Waals surface area (Å²) >= 11 is 4.70. The smallest absolute Gasteiger partial charge is 0.312 e. The molecule has 0 saturated heterocycles. The van der Waals surface area contributed by atoms with E-state index in [0.717, 1.165) is 0 Å². The van der Waals surface area contributed by atoms with Gasteiger partial charge in [-0.3, -0.25) is 4.79 Å². The average molecular weight is 299 g/mol. The van der Waals surface area contributed by atoms with Crippen molar-refractivity contribution in [3.63, 3.8) is 0 Å². The number of nitrogens with one attached hydrogen (secondary N) is 1. The zero-order valence-electron chi connectivity index (χ0n) is 8.07. The van der Waals surface area contributed by atoms with Gasteiger partial charge in [-0.05, 0) is 27.4 Å². The minimum Gasteiger partial charge on any atom is -0.312 e. The van der Waals surface area contributed by atoms with Gasteiger partial charge >= 0.3 is 5.69 Å². The Hall–Kier alpha value is -1.27. The molecule has 6 heteroatoms. The van der Waals surface area contributed by atoms with Gasteiger partial charge in [-0.1, -0.05) is 0 Å². The number of thiophene rings is 1. The molecule has 0 atom stereocenters. The molecule has 0 aliphatic carbocycles. The van der Waals surface area contributed by atoms with Crippen LogP contribution < -0.4 is 5.69 Å². The molecule has 2 aromatic rings. The first-order valence-electron chi connectivity index (χ1n) is 4.46. The highest BCUT2D eigenvalue weighted by Gasteiger charge is 2.11. The number of aromatic amines is 1. The number of carbonyl (C=O) groups excluding carboxylic acids is 1. The molecule has 0 amide bonds. The number of aromatic nitrogens is 2. The van der Waals surface area contributed by atoms with Gasteiger partial charge in [-0.15, -0.1) is 0 Å². The lowest BCUT2D eigenvalue weighted by Gasteiger charge is -2.00. The number of hydrogen-bond donors (Lipinski definition) is 1. The molecule has 0 radical (unpaired) electrons. The van der Waals surface area contributed by atoms with Gasteiger partial charge in [0.05, 0.1) is 16.6 Å². The Labute approximate surface area is 103 Å². The number of H-pyrrole nitrogens is 1. The number of carbonyl (C=O) groups is 1. The Bertz CT molecular complexity index is 562. The fraction of sp³-hybridized carbons (Fsp3) is 0.100. The topological polar surface area (TPSA) is 62.8 Å². The van der Waals surface area contributed by atoms with E-state index in [4.69, 9.17) is 0 Å². The zero-order chi connectivity index (χ0) is 11.5. The van der Waals surface area contributed by atoms with Crippen molar-refractivity contribution >= 4 is 33.0 Å². The molecule has 0 aliphatic heterocycles. The van der Waals surface area contributed by atoms with E-state index in [2.05, 4.69) is 25.9 Å². The summed E-state index contributed by atoms with van der Waals surface area (Å²) in [6, 6.07) is 1.76. The van der Waals surface area contributed by atoms with E-state index in [9.17, 15) is 9.59 Å². The number of Topliss-reactive ketones (excluding diaryl/α,β-unsaturated/α-hetero) is 1. The average Bonchev–Trinajstić information content (AvgIpc) is 2.76. The molecular weight excluding hydrogens is 292 g/mol. The van der Waals surface area contributed by atoms with Gasteiger partial charge in [0, 0.05) is 17.1 Å². The fourth-order valence-electron chi connectivity index (χ4n) is 1.22. The summed E-state index contributed by atoms with van der Waals surface area (Å²) in [7, 11) is 0. The van der Waals surface area contributed by atoms with Crippen molar-refractivity contribution < 1.29 is 4.79 Å². The van der Waals surface area contributed by atoms with Crippen LogP contribution in [0.25, 0.3) is 0 Å². The van der Waals surface area contributed by atoms with Crippen LogP contribution in [0, 0.1) is 0 Å². The third-order valence-electron chi connectivity index (χ3n) is 2.01. The quantitative estimate of drug-likeness (QED) is 0.882. The second-order valence-electron chi connectivity index (χ2n) is 3.11. The third kappa shape index (κ3) is 2.45. The summed E-state index contributed by atoms with van der Waals surface area (Å²) in [5, 5.41) is 3.62. The lowest BCUT2D eigenvalue weighted by Crippen LogP contribution is -2.15. The van der Waals surface area contributed by atoms with Crippen LogP contribution in [0.3, 0.4) is 0 Å². The van der Waals surface area contributed by atoms with Crippen molar-refractivity contribution in [1.29, 1.82) is 0 Å². The molecule has 2 aromatic heterocycles. The van der Waals surface area contributed by atoms with Crippen LogP contribution in [-0.2, 0) is 6.42 Å². The summed E-state index contributed by atoms with van der Waals surface area (Å²) in [6.07, 6.45) is 1.62. The number of ketones is 1. The Morgan fingerprint density at radius 1 is 1.56 bits per heavy atom. The highest BCUT2D eigenvalue weighted by Crippen LogP contribution is 2.15. The predicted molar refractivity (Wildman–Crippen MR) is 64.9 cm³/mol. The maximum absolute atomic E-state index is 11.8. The van der Waals surface area contributed by atoms with E-state index in [0.29, 0.717) is 15.7 Å². The maximum atomic E-state index is 11.8. The van der Waals surface area contributed by atoms with Gasteiger partial charge < -0.3 is 4.98 Å². The summed E-state index contributed by atoms with van der Waals surface area (Å²) in [5.74, 6) is -0.0416. The van der Waals surface area contributed by atoms with Gasteiger partial charge in [0.1, 0.15) is 0 Å². The van der Waals surface area contributed by atoms with Crippen molar-refractivity contribution in [2.24, 2.45) is 0 Å². The molecule has 0 aliphatic rings. The first kappa shape index (κ1) is 11.2. The van der Waals surface area contributed by atoms with Gasteiger partial charge in [0.15, 0.2) is 5.78 Å². The molecule has 0 bridgehead atoms. The molecule has 4 nitrogen and oxygen atoms in total. The summed E-state index contributed by atoms with van der Waals surface area (Å²) in [5.41, 5.74) is 0.662. The van der Waals surface area contributed by atoms with E-state index in [1.165, 1.54) is 17.5 Å². The molecule has 0 aromatic carbocycles. The minimum absolute atomic E-state index is 0.0416. The standard InChI is InChI=1S/C10H7BrN2O2S/c11-7-4-12-10(15)13-8(7)3-9(14)6-1-2-16-5-6/h1-2,4-5H,3H2,(H,12,13,15). The number of rotatable bonds is 3. The molecule has 0 unspecified atom stereocenters. The van der Waals surface area contributed by atoms with E-state index in [-0.39, 0.29) is 12.2 Å². The molecule has 2 heterocycles. The largest absolute Gasteiger partial charge is 0.345 e. The van der Waals surface area contributed by atoms with Gasteiger partial charge in [-0.2, -0.15) is 16.3 Å². The van der Waals surface area contributed by atoms with E-state index in [1.807, 2.05) is 5.38 Å². The monoisotopic (exact) mass is 298 g/mol. The summed E-state index contributed by atoms with van der Waals surface area (Å²) in [4.78, 5) is 29.0. The van der Waals surface area contributed by atoms with E-state index < -0.39 is 5.69 Å². The molecule has 0 saturated carbocycles. The number of hydrogen-bond acceptors (Lipinski definition) is 4. The molecule has 16 heavy (non-hydrogen) atoms. The van der Waals surface area contributed by atoms with Crippen molar-refractivity contribution in [3.05, 3.63) is 49.2 Å². The van der Waals surface area contributed by atoms with Crippen LogP contribution in [0.4, 0.5) is 0 Å². The van der Waals surface area contributed by atoms with Crippen LogP contribution in [0.5, 0.6) is 0 Å². The maximum Gasteiger partial charge on any atom is 0.345 e.